The lowest BCUT2D eigenvalue weighted by molar-refractivity contribution is -0.119. The third-order valence-electron chi connectivity index (χ3n) is 5.11. The van der Waals surface area contributed by atoms with Crippen molar-refractivity contribution in [3.63, 3.8) is 0 Å². The first-order chi connectivity index (χ1) is 11.9. The predicted molar refractivity (Wildman–Crippen MR) is 104 cm³/mol. The van der Waals surface area contributed by atoms with Gasteiger partial charge < -0.3 is 4.90 Å². The number of carbonyl (C=O) groups excluding carboxylic acids is 1. The van der Waals surface area contributed by atoms with Crippen LogP contribution in [-0.4, -0.2) is 26.1 Å². The minimum absolute atomic E-state index is 0.0136. The summed E-state index contributed by atoms with van der Waals surface area (Å²) in [6.45, 7) is 0. The maximum Gasteiger partial charge on any atom is 0.227 e. The Bertz CT molecular complexity index is 736. The van der Waals surface area contributed by atoms with Crippen LogP contribution in [0, 0.1) is 5.92 Å². The highest BCUT2D eigenvalue weighted by Crippen LogP contribution is 2.30. The van der Waals surface area contributed by atoms with Gasteiger partial charge in [-0.3, -0.25) is 4.79 Å². The van der Waals surface area contributed by atoms with Crippen molar-refractivity contribution in [1.82, 2.24) is 0 Å². The van der Waals surface area contributed by atoms with Crippen molar-refractivity contribution in [2.75, 3.05) is 10.7 Å². The van der Waals surface area contributed by atoms with Gasteiger partial charge in [0.15, 0.2) is 9.84 Å². The normalized spacial score (nSPS) is 22.8. The molecule has 1 fully saturated rings. The predicted octanol–water partition coefficient (Wildman–Crippen LogP) is 4.45. The molecular weight excluding hydrogens is 402 g/mol. The lowest BCUT2D eigenvalue weighted by Gasteiger charge is -2.29. The molecule has 1 aromatic rings. The molecule has 136 valence electrons. The van der Waals surface area contributed by atoms with E-state index in [1.54, 1.807) is 11.0 Å². The Kier molecular flexibility index (Phi) is 6.00. The topological polar surface area (TPSA) is 54.5 Å². The van der Waals surface area contributed by atoms with E-state index in [9.17, 15) is 13.2 Å². The second-order valence-electron chi connectivity index (χ2n) is 7.01. The summed E-state index contributed by atoms with van der Waals surface area (Å²) >= 11 is 3.40. The summed E-state index contributed by atoms with van der Waals surface area (Å²) in [5.74, 6) is 0.616. The molecule has 25 heavy (non-hydrogen) atoms. The maximum atomic E-state index is 13.0. The van der Waals surface area contributed by atoms with E-state index in [1.807, 2.05) is 24.3 Å². The Morgan fingerprint density at radius 1 is 1.12 bits per heavy atom. The van der Waals surface area contributed by atoms with Gasteiger partial charge in [0.1, 0.15) is 0 Å². The van der Waals surface area contributed by atoms with Gasteiger partial charge in [-0.05, 0) is 42.7 Å². The number of hydrogen-bond acceptors (Lipinski definition) is 3. The van der Waals surface area contributed by atoms with Crippen molar-refractivity contribution < 1.29 is 13.2 Å². The first-order valence-electron chi connectivity index (χ1n) is 8.93. The van der Waals surface area contributed by atoms with Gasteiger partial charge in [-0.2, -0.15) is 0 Å². The molecule has 1 amide bonds. The maximum absolute atomic E-state index is 13.0. The van der Waals surface area contributed by atoms with Gasteiger partial charge in [0.05, 0.1) is 11.8 Å². The molecule has 1 aliphatic heterocycles. The highest BCUT2D eigenvalue weighted by molar-refractivity contribution is 9.10. The third-order valence-corrected chi connectivity index (χ3v) is 7.01. The van der Waals surface area contributed by atoms with Crippen LogP contribution in [0.4, 0.5) is 5.69 Å². The lowest BCUT2D eigenvalue weighted by atomic mass is 9.86. The van der Waals surface area contributed by atoms with Crippen LogP contribution >= 0.6 is 15.9 Å². The number of carbonyl (C=O) groups is 1. The summed E-state index contributed by atoms with van der Waals surface area (Å²) in [5, 5.41) is 1.23. The molecule has 1 heterocycles. The fourth-order valence-corrected chi connectivity index (χ4v) is 5.30. The van der Waals surface area contributed by atoms with Crippen molar-refractivity contribution >= 4 is 37.4 Å². The average molecular weight is 426 g/mol. The van der Waals surface area contributed by atoms with E-state index in [2.05, 4.69) is 15.9 Å². The van der Waals surface area contributed by atoms with Crippen LogP contribution in [0.1, 0.15) is 44.9 Å². The Labute approximate surface area is 158 Å². The zero-order chi connectivity index (χ0) is 17.9. The second-order valence-corrected chi connectivity index (χ2v) is 9.86. The van der Waals surface area contributed by atoms with Crippen LogP contribution in [0.3, 0.4) is 0 Å². The summed E-state index contributed by atoms with van der Waals surface area (Å²) in [6, 6.07) is 7.07. The lowest BCUT2D eigenvalue weighted by Crippen LogP contribution is -2.41. The van der Waals surface area contributed by atoms with E-state index in [4.69, 9.17) is 0 Å². The van der Waals surface area contributed by atoms with Crippen molar-refractivity contribution in [3.8, 4) is 0 Å². The van der Waals surface area contributed by atoms with Gasteiger partial charge in [0.25, 0.3) is 0 Å². The monoisotopic (exact) mass is 425 g/mol. The van der Waals surface area contributed by atoms with Gasteiger partial charge in [-0.25, -0.2) is 8.42 Å². The Balaban J connectivity index is 1.74. The molecule has 4 nitrogen and oxygen atoms in total. The van der Waals surface area contributed by atoms with Crippen LogP contribution in [0.25, 0.3) is 0 Å². The first kappa shape index (κ1) is 18.6. The van der Waals surface area contributed by atoms with Gasteiger partial charge in [0.2, 0.25) is 5.91 Å². The van der Waals surface area contributed by atoms with Crippen molar-refractivity contribution in [2.24, 2.45) is 5.92 Å². The number of anilines is 1. The smallest absolute Gasteiger partial charge is 0.227 e. The summed E-state index contributed by atoms with van der Waals surface area (Å²) in [6.07, 6.45) is 9.26. The molecule has 1 unspecified atom stereocenters. The minimum Gasteiger partial charge on any atom is -0.304 e. The summed E-state index contributed by atoms with van der Waals surface area (Å²) in [4.78, 5) is 14.6. The molecule has 1 atom stereocenters. The van der Waals surface area contributed by atoms with E-state index >= 15 is 0 Å². The number of rotatable bonds is 5. The van der Waals surface area contributed by atoms with Gasteiger partial charge >= 0.3 is 0 Å². The molecule has 6 heteroatoms. The molecule has 0 N–H and O–H groups in total. The fraction of sp³-hybridized carbons (Fsp3) is 0.526. The van der Waals surface area contributed by atoms with Crippen molar-refractivity contribution in [1.29, 1.82) is 0 Å². The number of nitrogens with zero attached hydrogens (tertiary/aromatic N) is 1. The molecule has 0 aromatic heterocycles. The number of benzene rings is 1. The molecular formula is C19H24BrNO3S. The first-order valence-corrected chi connectivity index (χ1v) is 11.4. The van der Waals surface area contributed by atoms with Gasteiger partial charge in [0, 0.05) is 22.0 Å². The van der Waals surface area contributed by atoms with E-state index in [0.717, 1.165) is 16.6 Å². The molecule has 0 saturated heterocycles. The van der Waals surface area contributed by atoms with Gasteiger partial charge in [-0.1, -0.05) is 48.0 Å². The minimum atomic E-state index is -3.21. The van der Waals surface area contributed by atoms with E-state index in [1.165, 1.54) is 37.5 Å². The Morgan fingerprint density at radius 2 is 1.80 bits per heavy atom. The number of amides is 1. The van der Waals surface area contributed by atoms with Gasteiger partial charge in [-0.15, -0.1) is 0 Å². The summed E-state index contributed by atoms with van der Waals surface area (Å²) in [7, 11) is -3.21. The molecule has 0 radical (unpaired) electrons. The SMILES string of the molecule is O=C(CCC1CCCCC1)N(c1ccc(Br)cc1)C1C=CS(=O)(=O)C1. The molecule has 1 saturated carbocycles. The molecule has 3 rings (SSSR count). The fourth-order valence-electron chi connectivity index (χ4n) is 3.77. The molecule has 0 bridgehead atoms. The zero-order valence-corrected chi connectivity index (χ0v) is 16.6. The Morgan fingerprint density at radius 3 is 2.40 bits per heavy atom. The molecule has 0 spiro atoms. The van der Waals surface area contributed by atoms with Crippen LogP contribution in [0.5, 0.6) is 0 Å². The molecule has 1 aliphatic carbocycles. The van der Waals surface area contributed by atoms with Crippen molar-refractivity contribution in [3.05, 3.63) is 40.2 Å². The highest BCUT2D eigenvalue weighted by Gasteiger charge is 2.31. The molecule has 1 aromatic carbocycles. The standard InChI is InChI=1S/C19H24BrNO3S/c20-16-7-9-17(10-8-16)21(18-12-13-25(23,24)14-18)19(22)11-6-15-4-2-1-3-5-15/h7-10,12-13,15,18H,1-6,11,14H2. The number of hydrogen-bond donors (Lipinski definition) is 0. The Hall–Kier alpha value is -1.14. The summed E-state index contributed by atoms with van der Waals surface area (Å²) < 4.78 is 24.6. The van der Waals surface area contributed by atoms with Crippen LogP contribution in [0.2, 0.25) is 0 Å². The number of halogens is 1. The van der Waals surface area contributed by atoms with E-state index in [-0.39, 0.29) is 11.7 Å². The largest absolute Gasteiger partial charge is 0.304 e. The van der Waals surface area contributed by atoms with Crippen LogP contribution < -0.4 is 4.90 Å². The molecule has 2 aliphatic rings. The van der Waals surface area contributed by atoms with E-state index < -0.39 is 15.9 Å². The quantitative estimate of drug-likeness (QED) is 0.699. The second kappa shape index (κ2) is 8.04. The zero-order valence-electron chi connectivity index (χ0n) is 14.2. The number of sulfone groups is 1. The third kappa shape index (κ3) is 4.94. The summed E-state index contributed by atoms with van der Waals surface area (Å²) in [5.41, 5.74) is 0.753. The van der Waals surface area contributed by atoms with Crippen LogP contribution in [0.15, 0.2) is 40.2 Å². The average Bonchev–Trinajstić information content (AvgIpc) is 2.95. The van der Waals surface area contributed by atoms with Crippen molar-refractivity contribution in [2.45, 2.75) is 51.0 Å². The highest BCUT2D eigenvalue weighted by atomic mass is 79.9. The van der Waals surface area contributed by atoms with E-state index in [0.29, 0.717) is 12.3 Å². The van der Waals surface area contributed by atoms with Crippen LogP contribution in [-0.2, 0) is 14.6 Å².